The molecule has 0 radical (unpaired) electrons. The van der Waals surface area contributed by atoms with Gasteiger partial charge in [-0.3, -0.25) is 4.79 Å². The normalized spacial score (nSPS) is 16.6. The molecule has 22 heavy (non-hydrogen) atoms. The number of aryl methyl sites for hydroxylation is 1. The van der Waals surface area contributed by atoms with Crippen LogP contribution in [-0.2, 0) is 4.74 Å². The molecule has 1 heterocycles. The topological polar surface area (TPSA) is 52.6 Å². The third-order valence-electron chi connectivity index (χ3n) is 3.76. The van der Waals surface area contributed by atoms with Crippen LogP contribution in [0.2, 0.25) is 0 Å². The van der Waals surface area contributed by atoms with Gasteiger partial charge in [-0.1, -0.05) is 23.8 Å². The summed E-state index contributed by atoms with van der Waals surface area (Å²) in [6.45, 7) is 1.94. The standard InChI is InChI=1S/C18H16O4/c1-11-6-7-16-14(8-11)15(19)10-17(22-16)12-4-3-5-13(9-12)18(20)21-2/h3-9,17H,10H2,1-2H3/t17-/m1/s1. The summed E-state index contributed by atoms with van der Waals surface area (Å²) >= 11 is 0. The molecule has 0 bridgehead atoms. The minimum atomic E-state index is -0.403. The Morgan fingerprint density at radius 3 is 2.82 bits per heavy atom. The summed E-state index contributed by atoms with van der Waals surface area (Å²) < 4.78 is 10.7. The molecule has 2 aromatic rings. The van der Waals surface area contributed by atoms with Gasteiger partial charge in [0, 0.05) is 0 Å². The van der Waals surface area contributed by atoms with Gasteiger partial charge < -0.3 is 9.47 Å². The fraction of sp³-hybridized carbons (Fsp3) is 0.222. The second-order valence-electron chi connectivity index (χ2n) is 5.35. The first kappa shape index (κ1) is 14.3. The van der Waals surface area contributed by atoms with Crippen molar-refractivity contribution in [1.82, 2.24) is 0 Å². The van der Waals surface area contributed by atoms with Crippen molar-refractivity contribution < 1.29 is 19.1 Å². The van der Waals surface area contributed by atoms with E-state index in [0.29, 0.717) is 16.9 Å². The van der Waals surface area contributed by atoms with Crippen LogP contribution in [0.3, 0.4) is 0 Å². The third-order valence-corrected chi connectivity index (χ3v) is 3.76. The Hall–Kier alpha value is -2.62. The summed E-state index contributed by atoms with van der Waals surface area (Å²) in [4.78, 5) is 23.9. The smallest absolute Gasteiger partial charge is 0.337 e. The second kappa shape index (κ2) is 5.64. The number of esters is 1. The minimum absolute atomic E-state index is 0.0541. The number of ketones is 1. The molecular weight excluding hydrogens is 280 g/mol. The zero-order chi connectivity index (χ0) is 15.7. The number of hydrogen-bond donors (Lipinski definition) is 0. The number of carbonyl (C=O) groups is 2. The van der Waals surface area contributed by atoms with E-state index in [4.69, 9.17) is 9.47 Å². The molecule has 0 saturated heterocycles. The van der Waals surface area contributed by atoms with Crippen molar-refractivity contribution in [3.05, 3.63) is 64.7 Å². The predicted octanol–water partition coefficient (Wildman–Crippen LogP) is 3.49. The highest BCUT2D eigenvalue weighted by atomic mass is 16.5. The highest BCUT2D eigenvalue weighted by Crippen LogP contribution is 2.35. The number of rotatable bonds is 2. The Bertz CT molecular complexity index is 749. The molecule has 2 aromatic carbocycles. The van der Waals surface area contributed by atoms with Crippen LogP contribution in [0.15, 0.2) is 42.5 Å². The Balaban J connectivity index is 1.93. The Labute approximate surface area is 128 Å². The predicted molar refractivity (Wildman–Crippen MR) is 81.3 cm³/mol. The maximum atomic E-state index is 12.3. The number of benzene rings is 2. The molecule has 1 aliphatic heterocycles. The van der Waals surface area contributed by atoms with Crippen LogP contribution in [-0.4, -0.2) is 18.9 Å². The molecule has 0 aliphatic carbocycles. The van der Waals surface area contributed by atoms with Crippen molar-refractivity contribution in [2.24, 2.45) is 0 Å². The number of hydrogen-bond acceptors (Lipinski definition) is 4. The van der Waals surface area contributed by atoms with Gasteiger partial charge in [0.25, 0.3) is 0 Å². The Morgan fingerprint density at radius 1 is 1.23 bits per heavy atom. The van der Waals surface area contributed by atoms with Crippen molar-refractivity contribution >= 4 is 11.8 Å². The van der Waals surface area contributed by atoms with Crippen LogP contribution in [0.1, 0.15) is 44.4 Å². The van der Waals surface area contributed by atoms with E-state index in [1.54, 1.807) is 18.2 Å². The summed E-state index contributed by atoms with van der Waals surface area (Å²) in [5.74, 6) is 0.244. The number of Topliss-reactive ketones (excluding diaryl/α,β-unsaturated/α-hetero) is 1. The summed E-state index contributed by atoms with van der Waals surface area (Å²) in [6, 6.07) is 12.6. The van der Waals surface area contributed by atoms with E-state index in [9.17, 15) is 9.59 Å². The Kier molecular flexibility index (Phi) is 3.67. The molecular formula is C18H16O4. The molecule has 4 nitrogen and oxygen atoms in total. The highest BCUT2D eigenvalue weighted by Gasteiger charge is 2.28. The summed E-state index contributed by atoms with van der Waals surface area (Å²) in [7, 11) is 1.34. The molecule has 0 aromatic heterocycles. The van der Waals surface area contributed by atoms with Gasteiger partial charge in [-0.05, 0) is 36.8 Å². The lowest BCUT2D eigenvalue weighted by Gasteiger charge is -2.26. The van der Waals surface area contributed by atoms with E-state index >= 15 is 0 Å². The average Bonchev–Trinajstić information content (AvgIpc) is 2.54. The van der Waals surface area contributed by atoms with Crippen LogP contribution in [0.5, 0.6) is 5.75 Å². The molecule has 0 saturated carbocycles. The van der Waals surface area contributed by atoms with Gasteiger partial charge in [0.15, 0.2) is 5.78 Å². The number of ether oxygens (including phenoxy) is 2. The monoisotopic (exact) mass is 296 g/mol. The fourth-order valence-corrected chi connectivity index (χ4v) is 2.61. The van der Waals surface area contributed by atoms with Crippen molar-refractivity contribution in [2.45, 2.75) is 19.4 Å². The lowest BCUT2D eigenvalue weighted by Crippen LogP contribution is -2.20. The van der Waals surface area contributed by atoms with Gasteiger partial charge in [0.2, 0.25) is 0 Å². The number of fused-ring (bicyclic) bond motifs is 1. The molecule has 1 atom stereocenters. The lowest BCUT2D eigenvalue weighted by atomic mass is 9.94. The van der Waals surface area contributed by atoms with Crippen LogP contribution < -0.4 is 4.74 Å². The molecule has 112 valence electrons. The number of carbonyl (C=O) groups excluding carboxylic acids is 2. The largest absolute Gasteiger partial charge is 0.484 e. The van der Waals surface area contributed by atoms with E-state index < -0.39 is 5.97 Å². The van der Waals surface area contributed by atoms with Gasteiger partial charge in [-0.2, -0.15) is 0 Å². The quantitative estimate of drug-likeness (QED) is 0.796. The molecule has 0 amide bonds. The summed E-state index contributed by atoms with van der Waals surface area (Å²) in [5, 5.41) is 0. The van der Waals surface area contributed by atoms with Gasteiger partial charge in [0.05, 0.1) is 24.7 Å². The van der Waals surface area contributed by atoms with Crippen LogP contribution >= 0.6 is 0 Å². The molecule has 1 aliphatic rings. The minimum Gasteiger partial charge on any atom is -0.484 e. The molecule has 0 N–H and O–H groups in total. The van der Waals surface area contributed by atoms with Crippen LogP contribution in [0.4, 0.5) is 0 Å². The van der Waals surface area contributed by atoms with E-state index in [1.807, 2.05) is 31.2 Å². The maximum Gasteiger partial charge on any atom is 0.337 e. The third kappa shape index (κ3) is 2.60. The van der Waals surface area contributed by atoms with Gasteiger partial charge in [-0.15, -0.1) is 0 Å². The zero-order valence-electron chi connectivity index (χ0n) is 12.5. The number of methoxy groups -OCH3 is 1. The fourth-order valence-electron chi connectivity index (χ4n) is 2.61. The second-order valence-corrected chi connectivity index (χ2v) is 5.35. The zero-order valence-corrected chi connectivity index (χ0v) is 12.5. The van der Waals surface area contributed by atoms with E-state index in [1.165, 1.54) is 7.11 Å². The first-order chi connectivity index (χ1) is 10.6. The summed E-state index contributed by atoms with van der Waals surface area (Å²) in [5.41, 5.74) is 2.90. The van der Waals surface area contributed by atoms with E-state index in [0.717, 1.165) is 11.1 Å². The van der Waals surface area contributed by atoms with Crippen molar-refractivity contribution in [2.75, 3.05) is 7.11 Å². The molecule has 3 rings (SSSR count). The SMILES string of the molecule is COC(=O)c1cccc([C@H]2CC(=O)c3cc(C)ccc3O2)c1. The van der Waals surface area contributed by atoms with E-state index in [-0.39, 0.29) is 18.3 Å². The maximum absolute atomic E-state index is 12.3. The van der Waals surface area contributed by atoms with Crippen molar-refractivity contribution in [1.29, 1.82) is 0 Å². The Morgan fingerprint density at radius 2 is 2.05 bits per heavy atom. The molecule has 0 fully saturated rings. The lowest BCUT2D eigenvalue weighted by molar-refractivity contribution is 0.0600. The van der Waals surface area contributed by atoms with E-state index in [2.05, 4.69) is 0 Å². The first-order valence-corrected chi connectivity index (χ1v) is 7.07. The van der Waals surface area contributed by atoms with Crippen LogP contribution in [0, 0.1) is 6.92 Å². The van der Waals surface area contributed by atoms with Crippen molar-refractivity contribution in [3.8, 4) is 5.75 Å². The summed E-state index contributed by atoms with van der Waals surface area (Å²) in [6.07, 6.45) is -0.117. The molecule has 0 unspecified atom stereocenters. The van der Waals surface area contributed by atoms with Gasteiger partial charge in [-0.25, -0.2) is 4.79 Å². The molecule has 0 spiro atoms. The van der Waals surface area contributed by atoms with Gasteiger partial charge >= 0.3 is 5.97 Å². The average molecular weight is 296 g/mol. The van der Waals surface area contributed by atoms with Crippen molar-refractivity contribution in [3.63, 3.8) is 0 Å². The highest BCUT2D eigenvalue weighted by molar-refractivity contribution is 6.00. The first-order valence-electron chi connectivity index (χ1n) is 7.07. The molecule has 4 heteroatoms. The van der Waals surface area contributed by atoms with Crippen LogP contribution in [0.25, 0.3) is 0 Å². The van der Waals surface area contributed by atoms with Gasteiger partial charge in [0.1, 0.15) is 11.9 Å².